The molecular formula is C14H19NOS. The standard InChI is InChI=1S/C14H19NOS/c1-2-3-4-9-16-12-6-7-13-11(10-12)5-8-14(17)15-13/h6-7,10H,2-5,8-9H2,1H3,(H,15,17). The summed E-state index contributed by atoms with van der Waals surface area (Å²) >= 11 is 5.17. The fourth-order valence-electron chi connectivity index (χ4n) is 1.99. The molecule has 0 saturated heterocycles. The van der Waals surface area contributed by atoms with Crippen LogP contribution in [0.15, 0.2) is 18.2 Å². The fourth-order valence-corrected chi connectivity index (χ4v) is 2.20. The molecule has 2 nitrogen and oxygen atoms in total. The Morgan fingerprint density at radius 2 is 2.18 bits per heavy atom. The molecule has 1 N–H and O–H groups in total. The number of hydrogen-bond donors (Lipinski definition) is 1. The van der Waals surface area contributed by atoms with Crippen molar-refractivity contribution in [3.05, 3.63) is 23.8 Å². The van der Waals surface area contributed by atoms with Gasteiger partial charge in [0.05, 0.1) is 11.6 Å². The van der Waals surface area contributed by atoms with Crippen molar-refractivity contribution in [2.45, 2.75) is 39.0 Å². The van der Waals surface area contributed by atoms with Gasteiger partial charge in [0.1, 0.15) is 5.75 Å². The Kier molecular flexibility index (Phi) is 4.37. The molecule has 17 heavy (non-hydrogen) atoms. The maximum Gasteiger partial charge on any atom is 0.119 e. The minimum Gasteiger partial charge on any atom is -0.494 e. The zero-order valence-electron chi connectivity index (χ0n) is 10.3. The van der Waals surface area contributed by atoms with E-state index in [0.717, 1.165) is 42.3 Å². The van der Waals surface area contributed by atoms with Crippen molar-refractivity contribution in [3.8, 4) is 5.75 Å². The lowest BCUT2D eigenvalue weighted by atomic mass is 10.0. The van der Waals surface area contributed by atoms with Crippen molar-refractivity contribution in [3.63, 3.8) is 0 Å². The number of unbranched alkanes of at least 4 members (excludes halogenated alkanes) is 2. The maximum atomic E-state index is 5.74. The van der Waals surface area contributed by atoms with Crippen LogP contribution in [0.3, 0.4) is 0 Å². The average molecular weight is 249 g/mol. The van der Waals surface area contributed by atoms with E-state index in [1.54, 1.807) is 0 Å². The van der Waals surface area contributed by atoms with Crippen molar-refractivity contribution in [1.82, 2.24) is 0 Å². The van der Waals surface area contributed by atoms with Gasteiger partial charge in [-0.25, -0.2) is 0 Å². The molecule has 0 saturated carbocycles. The predicted molar refractivity (Wildman–Crippen MR) is 76.0 cm³/mol. The van der Waals surface area contributed by atoms with Crippen LogP contribution in [0.25, 0.3) is 0 Å². The number of ether oxygens (including phenoxy) is 1. The normalized spacial score (nSPS) is 14.1. The number of benzene rings is 1. The molecule has 92 valence electrons. The number of rotatable bonds is 5. The van der Waals surface area contributed by atoms with E-state index in [1.165, 1.54) is 18.4 Å². The van der Waals surface area contributed by atoms with E-state index in [1.807, 2.05) is 6.07 Å². The molecule has 0 radical (unpaired) electrons. The van der Waals surface area contributed by atoms with Crippen LogP contribution >= 0.6 is 12.2 Å². The lowest BCUT2D eigenvalue weighted by molar-refractivity contribution is 0.306. The van der Waals surface area contributed by atoms with Crippen LogP contribution in [0.1, 0.15) is 38.2 Å². The lowest BCUT2D eigenvalue weighted by Crippen LogP contribution is -2.17. The molecule has 0 amide bonds. The first-order valence-electron chi connectivity index (χ1n) is 6.35. The van der Waals surface area contributed by atoms with Gasteiger partial charge in [0, 0.05) is 12.1 Å². The van der Waals surface area contributed by atoms with Crippen molar-refractivity contribution >= 4 is 22.9 Å². The van der Waals surface area contributed by atoms with Crippen molar-refractivity contribution in [2.75, 3.05) is 11.9 Å². The molecule has 1 aromatic carbocycles. The molecule has 0 fully saturated rings. The van der Waals surface area contributed by atoms with Crippen LogP contribution in [0.5, 0.6) is 5.75 Å². The lowest BCUT2D eigenvalue weighted by Gasteiger charge is -2.19. The van der Waals surface area contributed by atoms with Crippen LogP contribution in [-0.2, 0) is 6.42 Å². The molecule has 0 aliphatic carbocycles. The first-order chi connectivity index (χ1) is 8.29. The fraction of sp³-hybridized carbons (Fsp3) is 0.500. The monoisotopic (exact) mass is 249 g/mol. The minimum atomic E-state index is 0.818. The van der Waals surface area contributed by atoms with Crippen molar-refractivity contribution in [2.24, 2.45) is 0 Å². The summed E-state index contributed by atoms with van der Waals surface area (Å²) in [7, 11) is 0. The summed E-state index contributed by atoms with van der Waals surface area (Å²) in [5, 5.41) is 3.24. The minimum absolute atomic E-state index is 0.818. The number of fused-ring (bicyclic) bond motifs is 1. The molecule has 1 aliphatic rings. The smallest absolute Gasteiger partial charge is 0.119 e. The van der Waals surface area contributed by atoms with Gasteiger partial charge < -0.3 is 10.1 Å². The van der Waals surface area contributed by atoms with Gasteiger partial charge in [0.25, 0.3) is 0 Å². The highest BCUT2D eigenvalue weighted by atomic mass is 32.1. The zero-order chi connectivity index (χ0) is 12.1. The van der Waals surface area contributed by atoms with Crippen molar-refractivity contribution < 1.29 is 4.74 Å². The molecule has 0 atom stereocenters. The van der Waals surface area contributed by atoms with E-state index in [9.17, 15) is 0 Å². The highest BCUT2D eigenvalue weighted by Gasteiger charge is 2.12. The number of hydrogen-bond acceptors (Lipinski definition) is 2. The van der Waals surface area contributed by atoms with E-state index < -0.39 is 0 Å². The molecule has 1 aliphatic heterocycles. The second-order valence-corrected chi connectivity index (χ2v) is 4.92. The second-order valence-electron chi connectivity index (χ2n) is 4.42. The number of anilines is 1. The van der Waals surface area contributed by atoms with Crippen molar-refractivity contribution in [1.29, 1.82) is 0 Å². The zero-order valence-corrected chi connectivity index (χ0v) is 11.1. The molecule has 3 heteroatoms. The Hall–Kier alpha value is -1.09. The first kappa shape index (κ1) is 12.4. The molecule has 0 unspecified atom stereocenters. The number of thiocarbonyl (C=S) groups is 1. The molecule has 1 heterocycles. The van der Waals surface area contributed by atoms with Gasteiger partial charge in [-0.05, 0) is 36.6 Å². The van der Waals surface area contributed by atoms with Crippen LogP contribution in [0, 0.1) is 0 Å². The number of nitrogens with one attached hydrogen (secondary N) is 1. The third kappa shape index (κ3) is 3.43. The van der Waals surface area contributed by atoms with E-state index in [4.69, 9.17) is 17.0 Å². The molecule has 0 bridgehead atoms. The van der Waals surface area contributed by atoms with Gasteiger partial charge in [0.15, 0.2) is 0 Å². The second kappa shape index (κ2) is 6.01. The summed E-state index contributed by atoms with van der Waals surface area (Å²) < 4.78 is 5.74. The number of aryl methyl sites for hydroxylation is 1. The topological polar surface area (TPSA) is 21.3 Å². The third-order valence-corrected chi connectivity index (χ3v) is 3.30. The average Bonchev–Trinajstić information content (AvgIpc) is 2.35. The van der Waals surface area contributed by atoms with Crippen LogP contribution in [0.4, 0.5) is 5.69 Å². The predicted octanol–water partition coefficient (Wildman–Crippen LogP) is 3.94. The molecule has 0 spiro atoms. The molecule has 2 rings (SSSR count). The highest BCUT2D eigenvalue weighted by molar-refractivity contribution is 7.80. The molecule has 1 aromatic rings. The van der Waals surface area contributed by atoms with Gasteiger partial charge in [-0.3, -0.25) is 0 Å². The summed E-state index contributed by atoms with van der Waals surface area (Å²) in [5.74, 6) is 0.981. The summed E-state index contributed by atoms with van der Waals surface area (Å²) in [5.41, 5.74) is 2.45. The Balaban J connectivity index is 1.94. The van der Waals surface area contributed by atoms with Gasteiger partial charge in [-0.15, -0.1) is 0 Å². The van der Waals surface area contributed by atoms with Crippen LogP contribution in [0.2, 0.25) is 0 Å². The highest BCUT2D eigenvalue weighted by Crippen LogP contribution is 2.27. The summed E-state index contributed by atoms with van der Waals surface area (Å²) in [6, 6.07) is 6.22. The van der Waals surface area contributed by atoms with Gasteiger partial charge >= 0.3 is 0 Å². The summed E-state index contributed by atoms with van der Waals surface area (Å²) in [6.07, 6.45) is 5.57. The molecular weight excluding hydrogens is 230 g/mol. The molecule has 0 aromatic heterocycles. The Morgan fingerprint density at radius 1 is 1.29 bits per heavy atom. The third-order valence-electron chi connectivity index (χ3n) is 2.99. The Labute approximate surface area is 108 Å². The summed E-state index contributed by atoms with van der Waals surface area (Å²) in [4.78, 5) is 0.939. The van der Waals surface area contributed by atoms with Crippen LogP contribution < -0.4 is 10.1 Å². The first-order valence-corrected chi connectivity index (χ1v) is 6.76. The quantitative estimate of drug-likeness (QED) is 0.631. The SMILES string of the molecule is CCCCCOc1ccc2c(c1)CCC(=S)N2. The van der Waals surface area contributed by atoms with Gasteiger partial charge in [-0.2, -0.15) is 0 Å². The maximum absolute atomic E-state index is 5.74. The summed E-state index contributed by atoms with van der Waals surface area (Å²) in [6.45, 7) is 3.02. The Morgan fingerprint density at radius 3 is 3.00 bits per heavy atom. The van der Waals surface area contributed by atoms with Gasteiger partial charge in [-0.1, -0.05) is 32.0 Å². The largest absolute Gasteiger partial charge is 0.494 e. The van der Waals surface area contributed by atoms with Crippen LogP contribution in [-0.4, -0.2) is 11.6 Å². The Bertz CT molecular complexity index is 403. The van der Waals surface area contributed by atoms with E-state index in [0.29, 0.717) is 0 Å². The van der Waals surface area contributed by atoms with E-state index in [-0.39, 0.29) is 0 Å². The van der Waals surface area contributed by atoms with E-state index >= 15 is 0 Å². The van der Waals surface area contributed by atoms with Gasteiger partial charge in [0.2, 0.25) is 0 Å². The van der Waals surface area contributed by atoms with E-state index in [2.05, 4.69) is 24.4 Å².